The molecule has 0 unspecified atom stereocenters. The number of H-pyrrole nitrogens is 1. The third kappa shape index (κ3) is 4.51. The number of nitrogens with zero attached hydrogens (tertiary/aromatic N) is 1. The van der Waals surface area contributed by atoms with Crippen molar-refractivity contribution in [3.8, 4) is 5.75 Å². The van der Waals surface area contributed by atoms with Crippen molar-refractivity contribution < 1.29 is 19.4 Å². The molecule has 188 valence electrons. The van der Waals surface area contributed by atoms with Crippen LogP contribution in [0.1, 0.15) is 40.8 Å². The smallest absolute Gasteiger partial charge is 0.295 e. The summed E-state index contributed by atoms with van der Waals surface area (Å²) < 4.78 is 5.38. The highest BCUT2D eigenvalue weighted by molar-refractivity contribution is 6.46. The first-order valence-electron chi connectivity index (χ1n) is 12.5. The van der Waals surface area contributed by atoms with Gasteiger partial charge in [0.15, 0.2) is 0 Å². The van der Waals surface area contributed by atoms with Crippen LogP contribution in [0.5, 0.6) is 5.75 Å². The third-order valence-electron chi connectivity index (χ3n) is 7.17. The van der Waals surface area contributed by atoms with Crippen molar-refractivity contribution in [1.82, 2.24) is 9.88 Å². The Morgan fingerprint density at radius 3 is 2.43 bits per heavy atom. The fraction of sp³-hybridized carbons (Fsp3) is 0.226. The Hall–Kier alpha value is -4.32. The van der Waals surface area contributed by atoms with Gasteiger partial charge in [-0.05, 0) is 54.7 Å². The lowest BCUT2D eigenvalue weighted by atomic mass is 9.94. The average molecular weight is 495 g/mol. The number of Topliss-reactive ketones (excluding diaryl/α,β-unsaturated/α-hetero) is 1. The summed E-state index contributed by atoms with van der Waals surface area (Å²) in [6.07, 6.45) is 3.35. The van der Waals surface area contributed by atoms with E-state index in [1.54, 1.807) is 24.1 Å². The van der Waals surface area contributed by atoms with Crippen LogP contribution >= 0.6 is 0 Å². The fourth-order valence-electron chi connectivity index (χ4n) is 4.99. The van der Waals surface area contributed by atoms with Crippen LogP contribution in [0.15, 0.2) is 78.5 Å². The molecule has 5 rings (SSSR count). The van der Waals surface area contributed by atoms with Crippen molar-refractivity contribution in [1.29, 1.82) is 0 Å². The Labute approximate surface area is 216 Å². The number of fused-ring (bicyclic) bond motifs is 1. The molecule has 0 aliphatic carbocycles. The van der Waals surface area contributed by atoms with Crippen LogP contribution in [0.2, 0.25) is 0 Å². The van der Waals surface area contributed by atoms with E-state index in [1.807, 2.05) is 67.7 Å². The molecule has 0 radical (unpaired) electrons. The molecule has 1 amide bonds. The van der Waals surface area contributed by atoms with Crippen molar-refractivity contribution in [2.75, 3.05) is 13.7 Å². The number of hydrogen-bond donors (Lipinski definition) is 2. The number of likely N-dealkylation sites (tertiary alicyclic amines) is 1. The molecule has 3 aromatic carbocycles. The number of carbonyl (C=O) groups excluding carboxylic acids is 2. The van der Waals surface area contributed by atoms with Crippen LogP contribution in [0, 0.1) is 6.92 Å². The molecule has 6 nitrogen and oxygen atoms in total. The molecular weight excluding hydrogens is 464 g/mol. The summed E-state index contributed by atoms with van der Waals surface area (Å²) in [4.78, 5) is 31.5. The van der Waals surface area contributed by atoms with Crippen LogP contribution in [0.3, 0.4) is 0 Å². The summed E-state index contributed by atoms with van der Waals surface area (Å²) >= 11 is 0. The molecular formula is C31H30N2O4. The first-order chi connectivity index (χ1) is 17.9. The summed E-state index contributed by atoms with van der Waals surface area (Å²) in [5.74, 6) is -0.663. The van der Waals surface area contributed by atoms with E-state index < -0.39 is 17.7 Å². The Kier molecular flexibility index (Phi) is 6.57. The lowest BCUT2D eigenvalue weighted by Gasteiger charge is -2.25. The standard InChI is InChI=1S/C31H30N2O4/c1-4-20-7-11-21(12-8-20)28-27(29(34)22-9-5-19(2)6-10-22)30(35)31(36)33(28)16-15-23-18-32-26-14-13-24(37-3)17-25(23)26/h5-14,17-18,28,32,34H,4,15-16H2,1-3H3/t28-/m1/s1. The van der Waals surface area contributed by atoms with E-state index in [0.717, 1.165) is 45.3 Å². The number of carbonyl (C=O) groups is 2. The van der Waals surface area contributed by atoms with Crippen molar-refractivity contribution in [3.05, 3.63) is 106 Å². The predicted octanol–water partition coefficient (Wildman–Crippen LogP) is 5.71. The Bertz CT molecular complexity index is 1500. The maximum absolute atomic E-state index is 13.3. The second kappa shape index (κ2) is 9.97. The van der Waals surface area contributed by atoms with Gasteiger partial charge < -0.3 is 19.7 Å². The minimum Gasteiger partial charge on any atom is -0.507 e. The summed E-state index contributed by atoms with van der Waals surface area (Å²) in [7, 11) is 1.63. The topological polar surface area (TPSA) is 82.6 Å². The molecule has 0 bridgehead atoms. The number of rotatable bonds is 7. The van der Waals surface area contributed by atoms with E-state index in [9.17, 15) is 14.7 Å². The van der Waals surface area contributed by atoms with Crippen LogP contribution < -0.4 is 4.74 Å². The SMILES string of the molecule is CCc1ccc([C@@H]2C(=C(O)c3ccc(C)cc3)C(=O)C(=O)N2CCc2c[nH]c3ccc(OC)cc23)cc1. The van der Waals surface area contributed by atoms with Gasteiger partial charge in [0.05, 0.1) is 18.7 Å². The molecule has 0 saturated carbocycles. The number of methoxy groups -OCH3 is 1. The van der Waals surface area contributed by atoms with Crippen LogP contribution in [0.4, 0.5) is 0 Å². The van der Waals surface area contributed by atoms with Gasteiger partial charge in [0.1, 0.15) is 11.5 Å². The van der Waals surface area contributed by atoms with E-state index >= 15 is 0 Å². The highest BCUT2D eigenvalue weighted by Crippen LogP contribution is 2.40. The third-order valence-corrected chi connectivity index (χ3v) is 7.17. The molecule has 1 fully saturated rings. The number of hydrogen-bond acceptors (Lipinski definition) is 4. The number of aromatic nitrogens is 1. The number of benzene rings is 3. The quantitative estimate of drug-likeness (QED) is 0.196. The highest BCUT2D eigenvalue weighted by atomic mass is 16.5. The zero-order chi connectivity index (χ0) is 26.1. The van der Waals surface area contributed by atoms with Crippen LogP contribution in [-0.2, 0) is 22.4 Å². The number of ketones is 1. The zero-order valence-corrected chi connectivity index (χ0v) is 21.2. The first-order valence-corrected chi connectivity index (χ1v) is 12.5. The molecule has 2 heterocycles. The minimum absolute atomic E-state index is 0.124. The Balaban J connectivity index is 1.55. The molecule has 4 aromatic rings. The van der Waals surface area contributed by atoms with Gasteiger partial charge in [-0.3, -0.25) is 9.59 Å². The van der Waals surface area contributed by atoms with Crippen molar-refractivity contribution in [2.24, 2.45) is 0 Å². The van der Waals surface area contributed by atoms with Gasteiger partial charge in [0, 0.05) is 29.2 Å². The summed E-state index contributed by atoms with van der Waals surface area (Å²) in [6, 6.07) is 20.3. The summed E-state index contributed by atoms with van der Waals surface area (Å²) in [5, 5.41) is 12.3. The van der Waals surface area contributed by atoms with E-state index in [0.29, 0.717) is 18.5 Å². The van der Waals surface area contributed by atoms with Gasteiger partial charge in [0.25, 0.3) is 11.7 Å². The average Bonchev–Trinajstić information content (AvgIpc) is 3.44. The van der Waals surface area contributed by atoms with E-state index in [-0.39, 0.29) is 11.3 Å². The zero-order valence-electron chi connectivity index (χ0n) is 21.2. The van der Waals surface area contributed by atoms with Crippen molar-refractivity contribution in [2.45, 2.75) is 32.7 Å². The number of aliphatic hydroxyl groups is 1. The van der Waals surface area contributed by atoms with Gasteiger partial charge in [-0.25, -0.2) is 0 Å². The van der Waals surface area contributed by atoms with Crippen LogP contribution in [0.25, 0.3) is 16.7 Å². The van der Waals surface area contributed by atoms with Gasteiger partial charge in [-0.2, -0.15) is 0 Å². The van der Waals surface area contributed by atoms with Crippen molar-refractivity contribution >= 4 is 28.4 Å². The summed E-state index contributed by atoms with van der Waals surface area (Å²) in [5.41, 5.74) is 5.64. The lowest BCUT2D eigenvalue weighted by Crippen LogP contribution is -2.31. The van der Waals surface area contributed by atoms with Gasteiger partial charge >= 0.3 is 0 Å². The molecule has 2 N–H and O–H groups in total. The predicted molar refractivity (Wildman–Crippen MR) is 145 cm³/mol. The van der Waals surface area contributed by atoms with Gasteiger partial charge in [-0.15, -0.1) is 0 Å². The summed E-state index contributed by atoms with van der Waals surface area (Å²) in [6.45, 7) is 4.35. The maximum Gasteiger partial charge on any atom is 0.295 e. The number of amides is 1. The lowest BCUT2D eigenvalue weighted by molar-refractivity contribution is -0.139. The molecule has 6 heteroatoms. The monoisotopic (exact) mass is 494 g/mol. The molecule has 1 aromatic heterocycles. The van der Waals surface area contributed by atoms with Gasteiger partial charge in [0.2, 0.25) is 0 Å². The van der Waals surface area contributed by atoms with Gasteiger partial charge in [-0.1, -0.05) is 61.0 Å². The first kappa shape index (κ1) is 24.4. The molecule has 37 heavy (non-hydrogen) atoms. The van der Waals surface area contributed by atoms with E-state index in [2.05, 4.69) is 11.9 Å². The van der Waals surface area contributed by atoms with E-state index in [1.165, 1.54) is 0 Å². The fourth-order valence-corrected chi connectivity index (χ4v) is 4.99. The normalized spacial score (nSPS) is 17.1. The Morgan fingerprint density at radius 2 is 1.76 bits per heavy atom. The Morgan fingerprint density at radius 1 is 1.03 bits per heavy atom. The largest absolute Gasteiger partial charge is 0.507 e. The number of ether oxygens (including phenoxy) is 1. The minimum atomic E-state index is -0.674. The number of aryl methyl sites for hydroxylation is 2. The second-order valence-electron chi connectivity index (χ2n) is 9.43. The molecule has 0 spiro atoms. The van der Waals surface area contributed by atoms with Crippen LogP contribution in [-0.4, -0.2) is 40.3 Å². The number of aliphatic hydroxyl groups excluding tert-OH is 1. The molecule has 1 aliphatic rings. The number of nitrogens with one attached hydrogen (secondary N) is 1. The van der Waals surface area contributed by atoms with Crippen molar-refractivity contribution in [3.63, 3.8) is 0 Å². The molecule has 1 aliphatic heterocycles. The number of aromatic amines is 1. The van der Waals surface area contributed by atoms with E-state index in [4.69, 9.17) is 4.74 Å². The maximum atomic E-state index is 13.3. The highest BCUT2D eigenvalue weighted by Gasteiger charge is 2.45. The molecule has 1 saturated heterocycles. The second-order valence-corrected chi connectivity index (χ2v) is 9.43. The molecule has 1 atom stereocenters.